The Kier molecular flexibility index (Phi) is 7.95. The van der Waals surface area contributed by atoms with Crippen LogP contribution in [0.5, 0.6) is 5.75 Å². The molecule has 0 unspecified atom stereocenters. The highest BCUT2D eigenvalue weighted by molar-refractivity contribution is 6.42. The Labute approximate surface area is 169 Å². The minimum absolute atomic E-state index is 0.0480. The third-order valence-electron chi connectivity index (χ3n) is 3.87. The third kappa shape index (κ3) is 6.15. The zero-order valence-electron chi connectivity index (χ0n) is 15.3. The summed E-state index contributed by atoms with van der Waals surface area (Å²) < 4.78 is 5.49. The minimum Gasteiger partial charge on any atom is -0.482 e. The van der Waals surface area contributed by atoms with E-state index in [2.05, 4.69) is 5.32 Å². The van der Waals surface area contributed by atoms with Crippen molar-refractivity contribution in [3.63, 3.8) is 0 Å². The fraction of sp³-hybridized carbons (Fsp3) is 0.300. The summed E-state index contributed by atoms with van der Waals surface area (Å²) in [5, 5.41) is 3.44. The van der Waals surface area contributed by atoms with Gasteiger partial charge in [-0.3, -0.25) is 9.59 Å². The van der Waals surface area contributed by atoms with Gasteiger partial charge in [-0.1, -0.05) is 54.4 Å². The van der Waals surface area contributed by atoms with Gasteiger partial charge < -0.3 is 15.0 Å². The van der Waals surface area contributed by atoms with Gasteiger partial charge in [0.1, 0.15) is 10.8 Å². The number of aryl methyl sites for hydroxylation is 1. The van der Waals surface area contributed by atoms with Crippen molar-refractivity contribution < 1.29 is 14.3 Å². The summed E-state index contributed by atoms with van der Waals surface area (Å²) in [6.07, 6.45) is 0.724. The van der Waals surface area contributed by atoms with Crippen LogP contribution in [0, 0.1) is 6.92 Å². The van der Waals surface area contributed by atoms with E-state index in [-0.39, 0.29) is 30.0 Å². The molecule has 5 nitrogen and oxygen atoms in total. The number of rotatable bonds is 8. The first-order valence-electron chi connectivity index (χ1n) is 8.62. The summed E-state index contributed by atoms with van der Waals surface area (Å²) in [7, 11) is 0. The minimum atomic E-state index is -0.298. The predicted molar refractivity (Wildman–Crippen MR) is 109 cm³/mol. The van der Waals surface area contributed by atoms with E-state index in [0.717, 1.165) is 17.7 Å². The zero-order chi connectivity index (χ0) is 19.8. The Morgan fingerprint density at radius 2 is 1.85 bits per heavy atom. The van der Waals surface area contributed by atoms with Crippen molar-refractivity contribution in [2.45, 2.75) is 20.3 Å². The van der Waals surface area contributed by atoms with Crippen molar-refractivity contribution in [1.29, 1.82) is 0 Å². The van der Waals surface area contributed by atoms with E-state index < -0.39 is 0 Å². The lowest BCUT2D eigenvalue weighted by atomic mass is 10.2. The lowest BCUT2D eigenvalue weighted by Crippen LogP contribution is -2.41. The standard InChI is InChI=1S/C20H22Cl2N2O3/c1-3-11-24(12-18(25)23-16-9-5-4-7-14(16)2)19(26)13-27-17-10-6-8-15(21)20(17)22/h4-10H,3,11-13H2,1-2H3,(H,23,25). The molecule has 0 fully saturated rings. The second-order valence-electron chi connectivity index (χ2n) is 6.02. The molecule has 2 aromatic rings. The van der Waals surface area contributed by atoms with Crippen LogP contribution < -0.4 is 10.1 Å². The predicted octanol–water partition coefficient (Wildman–Crippen LogP) is 4.56. The molecule has 0 saturated carbocycles. The van der Waals surface area contributed by atoms with Crippen molar-refractivity contribution in [3.8, 4) is 5.75 Å². The van der Waals surface area contributed by atoms with Crippen LogP contribution in [0.25, 0.3) is 0 Å². The van der Waals surface area contributed by atoms with E-state index in [1.807, 2.05) is 38.1 Å². The number of halogens is 2. The summed E-state index contributed by atoms with van der Waals surface area (Å²) in [5.74, 6) is -0.224. The first-order chi connectivity index (χ1) is 12.9. The van der Waals surface area contributed by atoms with Crippen LogP contribution in [0.2, 0.25) is 10.0 Å². The van der Waals surface area contributed by atoms with Crippen LogP contribution in [-0.2, 0) is 9.59 Å². The van der Waals surface area contributed by atoms with Gasteiger partial charge >= 0.3 is 0 Å². The average molecular weight is 409 g/mol. The van der Waals surface area contributed by atoms with Crippen molar-refractivity contribution in [2.75, 3.05) is 25.0 Å². The third-order valence-corrected chi connectivity index (χ3v) is 4.67. The molecule has 1 N–H and O–H groups in total. The van der Waals surface area contributed by atoms with Gasteiger partial charge in [0.2, 0.25) is 5.91 Å². The number of hydrogen-bond donors (Lipinski definition) is 1. The van der Waals surface area contributed by atoms with Gasteiger partial charge in [-0.25, -0.2) is 0 Å². The molecule has 0 heterocycles. The Bertz CT molecular complexity index is 812. The molecule has 27 heavy (non-hydrogen) atoms. The van der Waals surface area contributed by atoms with Crippen molar-refractivity contribution in [1.82, 2.24) is 4.90 Å². The van der Waals surface area contributed by atoms with Crippen LogP contribution in [-0.4, -0.2) is 36.4 Å². The molecule has 0 spiro atoms. The Balaban J connectivity index is 1.96. The zero-order valence-corrected chi connectivity index (χ0v) is 16.8. The highest BCUT2D eigenvalue weighted by Crippen LogP contribution is 2.31. The number of anilines is 1. The monoisotopic (exact) mass is 408 g/mol. The number of amides is 2. The topological polar surface area (TPSA) is 58.6 Å². The highest BCUT2D eigenvalue weighted by atomic mass is 35.5. The molecule has 0 aliphatic carbocycles. The maximum atomic E-state index is 12.5. The number of hydrogen-bond acceptors (Lipinski definition) is 3. The van der Waals surface area contributed by atoms with Crippen LogP contribution in [0.1, 0.15) is 18.9 Å². The van der Waals surface area contributed by atoms with Gasteiger partial charge in [-0.05, 0) is 37.1 Å². The first-order valence-corrected chi connectivity index (χ1v) is 9.38. The summed E-state index contributed by atoms with van der Waals surface area (Å²) in [6.45, 7) is 4.03. The van der Waals surface area contributed by atoms with Crippen molar-refractivity contribution in [3.05, 3.63) is 58.1 Å². The highest BCUT2D eigenvalue weighted by Gasteiger charge is 2.18. The lowest BCUT2D eigenvalue weighted by Gasteiger charge is -2.22. The molecule has 2 rings (SSSR count). The van der Waals surface area contributed by atoms with Crippen LogP contribution in [0.15, 0.2) is 42.5 Å². The van der Waals surface area contributed by atoms with Gasteiger partial charge in [0.15, 0.2) is 6.61 Å². The molecular formula is C20H22Cl2N2O3. The number of ether oxygens (including phenoxy) is 1. The van der Waals surface area contributed by atoms with Crippen molar-refractivity contribution >= 4 is 40.7 Å². The molecule has 0 aliphatic heterocycles. The lowest BCUT2D eigenvalue weighted by molar-refractivity contribution is -0.136. The SMILES string of the molecule is CCCN(CC(=O)Nc1ccccc1C)C(=O)COc1cccc(Cl)c1Cl. The van der Waals surface area contributed by atoms with Gasteiger partial charge in [0.25, 0.3) is 5.91 Å². The van der Waals surface area contributed by atoms with E-state index >= 15 is 0 Å². The Morgan fingerprint density at radius 3 is 2.56 bits per heavy atom. The van der Waals surface area contributed by atoms with E-state index in [1.54, 1.807) is 18.2 Å². The number of para-hydroxylation sites is 1. The molecule has 144 valence electrons. The quantitative estimate of drug-likeness (QED) is 0.696. The van der Waals surface area contributed by atoms with E-state index in [1.165, 1.54) is 4.90 Å². The molecule has 0 saturated heterocycles. The fourth-order valence-electron chi connectivity index (χ4n) is 2.46. The number of carbonyl (C=O) groups is 2. The fourth-order valence-corrected chi connectivity index (χ4v) is 2.81. The van der Waals surface area contributed by atoms with E-state index in [4.69, 9.17) is 27.9 Å². The number of nitrogens with one attached hydrogen (secondary N) is 1. The van der Waals surface area contributed by atoms with Crippen LogP contribution in [0.3, 0.4) is 0 Å². The first kappa shape index (κ1) is 21.1. The molecule has 0 bridgehead atoms. The maximum absolute atomic E-state index is 12.5. The Morgan fingerprint density at radius 1 is 1.11 bits per heavy atom. The van der Waals surface area contributed by atoms with Gasteiger partial charge in [0.05, 0.1) is 11.6 Å². The van der Waals surface area contributed by atoms with Crippen molar-refractivity contribution in [2.24, 2.45) is 0 Å². The summed E-state index contributed by atoms with van der Waals surface area (Å²) in [6, 6.07) is 12.4. The molecule has 0 aliphatic rings. The second kappa shape index (κ2) is 10.2. The molecule has 2 aromatic carbocycles. The summed E-state index contributed by atoms with van der Waals surface area (Å²) in [5.41, 5.74) is 1.69. The normalized spacial score (nSPS) is 10.4. The Hall–Kier alpha value is -2.24. The molecule has 0 atom stereocenters. The molecule has 0 radical (unpaired) electrons. The van der Waals surface area contributed by atoms with E-state index in [0.29, 0.717) is 17.3 Å². The number of nitrogens with zero attached hydrogens (tertiary/aromatic N) is 1. The van der Waals surface area contributed by atoms with Gasteiger partial charge in [0, 0.05) is 12.2 Å². The summed E-state index contributed by atoms with van der Waals surface area (Å²) >= 11 is 12.0. The second-order valence-corrected chi connectivity index (χ2v) is 6.80. The smallest absolute Gasteiger partial charge is 0.260 e. The number of carbonyl (C=O) groups excluding carboxylic acids is 2. The van der Waals surface area contributed by atoms with Gasteiger partial charge in [-0.15, -0.1) is 0 Å². The largest absolute Gasteiger partial charge is 0.482 e. The number of benzene rings is 2. The molecule has 7 heteroatoms. The molecular weight excluding hydrogens is 387 g/mol. The summed E-state index contributed by atoms with van der Waals surface area (Å²) in [4.78, 5) is 26.3. The van der Waals surface area contributed by atoms with E-state index in [9.17, 15) is 9.59 Å². The van der Waals surface area contributed by atoms with Crippen LogP contribution >= 0.6 is 23.2 Å². The van der Waals surface area contributed by atoms with Gasteiger partial charge in [-0.2, -0.15) is 0 Å². The average Bonchev–Trinajstić information content (AvgIpc) is 2.64. The maximum Gasteiger partial charge on any atom is 0.260 e. The molecule has 2 amide bonds. The van der Waals surface area contributed by atoms with Crippen LogP contribution in [0.4, 0.5) is 5.69 Å². The molecule has 0 aromatic heterocycles.